The maximum absolute atomic E-state index is 12.1. The number of methoxy groups -OCH3 is 1. The van der Waals surface area contributed by atoms with Crippen LogP contribution in [0.5, 0.6) is 0 Å². The van der Waals surface area contributed by atoms with E-state index in [1.807, 2.05) is 66.7 Å². The number of benzene rings is 2. The van der Waals surface area contributed by atoms with Crippen molar-refractivity contribution in [2.45, 2.75) is 5.41 Å². The summed E-state index contributed by atoms with van der Waals surface area (Å²) in [6.07, 6.45) is 2.68. The molecule has 4 nitrogen and oxygen atoms in total. The highest BCUT2D eigenvalue weighted by molar-refractivity contribution is 6.00. The lowest BCUT2D eigenvalue weighted by Crippen LogP contribution is -2.49. The zero-order chi connectivity index (χ0) is 16.3. The summed E-state index contributed by atoms with van der Waals surface area (Å²) in [7, 11) is 1.28. The van der Waals surface area contributed by atoms with Gasteiger partial charge in [-0.3, -0.25) is 4.79 Å². The molecule has 2 aromatic carbocycles. The monoisotopic (exact) mass is 307 g/mol. The molecule has 3 rings (SSSR count). The first-order chi connectivity index (χ1) is 11.2. The molecule has 2 amide bonds. The Morgan fingerprint density at radius 2 is 1.52 bits per heavy atom. The highest BCUT2D eigenvalue weighted by atomic mass is 16.5. The van der Waals surface area contributed by atoms with E-state index >= 15 is 0 Å². The Kier molecular flexibility index (Phi) is 3.98. The molecule has 1 heterocycles. The van der Waals surface area contributed by atoms with Crippen molar-refractivity contribution in [1.29, 1.82) is 0 Å². The molecule has 0 saturated carbocycles. The molecular formula is C19H17NO3. The van der Waals surface area contributed by atoms with Gasteiger partial charge in [-0.15, -0.1) is 0 Å². The van der Waals surface area contributed by atoms with Crippen LogP contribution < -0.4 is 0 Å². The lowest BCUT2D eigenvalue weighted by Gasteiger charge is -2.38. The average molecular weight is 307 g/mol. The molecule has 0 radical (unpaired) electrons. The van der Waals surface area contributed by atoms with Gasteiger partial charge < -0.3 is 4.74 Å². The maximum Gasteiger partial charge on any atom is 0.416 e. The molecule has 0 atom stereocenters. The molecule has 1 aliphatic rings. The van der Waals surface area contributed by atoms with Crippen molar-refractivity contribution in [3.05, 3.63) is 83.9 Å². The Balaban J connectivity index is 2.16. The van der Waals surface area contributed by atoms with Gasteiger partial charge in [0.05, 0.1) is 12.5 Å². The van der Waals surface area contributed by atoms with Gasteiger partial charge in [-0.1, -0.05) is 66.7 Å². The van der Waals surface area contributed by atoms with Crippen LogP contribution in [-0.4, -0.2) is 30.6 Å². The number of nitrogens with zero attached hydrogens (tertiary/aromatic N) is 1. The Labute approximate surface area is 135 Å². The minimum atomic E-state index is -0.643. The predicted molar refractivity (Wildman–Crippen MR) is 86.9 cm³/mol. The van der Waals surface area contributed by atoms with Gasteiger partial charge >= 0.3 is 6.09 Å². The molecule has 0 spiro atoms. The first kappa shape index (κ1) is 15.0. The first-order valence-corrected chi connectivity index (χ1v) is 7.37. The largest absolute Gasteiger partial charge is 0.452 e. The topological polar surface area (TPSA) is 46.6 Å². The lowest BCUT2D eigenvalue weighted by molar-refractivity contribution is -0.125. The van der Waals surface area contributed by atoms with Crippen LogP contribution in [-0.2, 0) is 14.9 Å². The van der Waals surface area contributed by atoms with Crippen LogP contribution in [0.2, 0.25) is 0 Å². The first-order valence-electron chi connectivity index (χ1n) is 7.37. The molecule has 0 bridgehead atoms. The van der Waals surface area contributed by atoms with Crippen molar-refractivity contribution in [1.82, 2.24) is 4.90 Å². The summed E-state index contributed by atoms with van der Waals surface area (Å²) >= 11 is 0. The molecule has 0 N–H and O–H groups in total. The minimum absolute atomic E-state index is 0.211. The zero-order valence-electron chi connectivity index (χ0n) is 12.8. The highest BCUT2D eigenvalue weighted by Gasteiger charge is 2.40. The molecule has 0 unspecified atom stereocenters. The number of ether oxygens (including phenoxy) is 1. The molecule has 0 saturated heterocycles. The quantitative estimate of drug-likeness (QED) is 0.856. The van der Waals surface area contributed by atoms with Crippen molar-refractivity contribution >= 4 is 12.0 Å². The summed E-state index contributed by atoms with van der Waals surface area (Å²) in [6.45, 7) is 0.211. The summed E-state index contributed by atoms with van der Waals surface area (Å²) in [5.74, 6) is -0.362. The third-order valence-corrected chi connectivity index (χ3v) is 4.16. The van der Waals surface area contributed by atoms with E-state index in [2.05, 4.69) is 0 Å². The SMILES string of the molecule is COC(=O)N1CC(c2ccccc2)(c2ccccc2)C=CC1=O. The molecule has 0 aromatic heterocycles. The molecular weight excluding hydrogens is 290 g/mol. The normalized spacial score (nSPS) is 16.2. The van der Waals surface area contributed by atoms with E-state index in [1.165, 1.54) is 13.2 Å². The molecule has 0 aliphatic carbocycles. The number of hydrogen-bond donors (Lipinski definition) is 0. The van der Waals surface area contributed by atoms with Gasteiger partial charge in [0.2, 0.25) is 0 Å². The van der Waals surface area contributed by atoms with Gasteiger partial charge in [-0.25, -0.2) is 9.69 Å². The summed E-state index contributed by atoms with van der Waals surface area (Å²) < 4.78 is 4.76. The average Bonchev–Trinajstić information content (AvgIpc) is 2.63. The molecule has 1 aliphatic heterocycles. The molecule has 4 heteroatoms. The van der Waals surface area contributed by atoms with Crippen molar-refractivity contribution in [2.24, 2.45) is 0 Å². The summed E-state index contributed by atoms with van der Waals surface area (Å²) in [5.41, 5.74) is 1.46. The molecule has 0 fully saturated rings. The number of imide groups is 1. The van der Waals surface area contributed by atoms with Gasteiger partial charge in [0.25, 0.3) is 5.91 Å². The van der Waals surface area contributed by atoms with Gasteiger partial charge in [0.15, 0.2) is 0 Å². The molecule has 116 valence electrons. The van der Waals surface area contributed by atoms with Gasteiger partial charge in [-0.05, 0) is 11.1 Å². The van der Waals surface area contributed by atoms with Crippen LogP contribution >= 0.6 is 0 Å². The third kappa shape index (κ3) is 2.63. The van der Waals surface area contributed by atoms with Gasteiger partial charge in [0.1, 0.15) is 0 Å². The lowest BCUT2D eigenvalue weighted by atomic mass is 9.72. The smallest absolute Gasteiger partial charge is 0.416 e. The van der Waals surface area contributed by atoms with E-state index in [-0.39, 0.29) is 12.5 Å². The zero-order valence-corrected chi connectivity index (χ0v) is 12.8. The minimum Gasteiger partial charge on any atom is -0.452 e. The van der Waals surface area contributed by atoms with Crippen molar-refractivity contribution in [2.75, 3.05) is 13.7 Å². The summed E-state index contributed by atoms with van der Waals surface area (Å²) in [6, 6.07) is 19.7. The summed E-state index contributed by atoms with van der Waals surface area (Å²) in [4.78, 5) is 25.2. The van der Waals surface area contributed by atoms with E-state index in [1.54, 1.807) is 0 Å². The van der Waals surface area contributed by atoms with Gasteiger partial charge in [-0.2, -0.15) is 0 Å². The Morgan fingerprint density at radius 1 is 1.00 bits per heavy atom. The molecule has 2 aromatic rings. The third-order valence-electron chi connectivity index (χ3n) is 4.16. The van der Waals surface area contributed by atoms with Crippen LogP contribution in [0.4, 0.5) is 4.79 Å². The van der Waals surface area contributed by atoms with Crippen LogP contribution in [0.25, 0.3) is 0 Å². The second kappa shape index (κ2) is 6.08. The van der Waals surface area contributed by atoms with E-state index in [9.17, 15) is 9.59 Å². The molecule has 23 heavy (non-hydrogen) atoms. The summed E-state index contributed by atoms with van der Waals surface area (Å²) in [5, 5.41) is 0. The maximum atomic E-state index is 12.1. The van der Waals surface area contributed by atoms with Gasteiger partial charge in [0, 0.05) is 12.6 Å². The highest BCUT2D eigenvalue weighted by Crippen LogP contribution is 2.37. The van der Waals surface area contributed by atoms with Crippen molar-refractivity contribution < 1.29 is 14.3 Å². The number of rotatable bonds is 2. The van der Waals surface area contributed by atoms with Crippen LogP contribution in [0.3, 0.4) is 0 Å². The fourth-order valence-electron chi connectivity index (χ4n) is 2.96. The van der Waals surface area contributed by atoms with E-state index in [0.29, 0.717) is 0 Å². The fourth-order valence-corrected chi connectivity index (χ4v) is 2.96. The standard InChI is InChI=1S/C19H17NO3/c1-23-18(22)20-14-19(13-12-17(20)21,15-8-4-2-5-9-15)16-10-6-3-7-11-16/h2-13H,14H2,1H3. The van der Waals surface area contributed by atoms with E-state index in [4.69, 9.17) is 4.74 Å². The second-order valence-corrected chi connectivity index (χ2v) is 5.43. The van der Waals surface area contributed by atoms with Crippen LogP contribution in [0.1, 0.15) is 11.1 Å². The Bertz CT molecular complexity index is 698. The van der Waals surface area contributed by atoms with Crippen LogP contribution in [0.15, 0.2) is 72.8 Å². The van der Waals surface area contributed by atoms with Crippen molar-refractivity contribution in [3.8, 4) is 0 Å². The predicted octanol–water partition coefficient (Wildman–Crippen LogP) is 3.14. The van der Waals surface area contributed by atoms with E-state index in [0.717, 1.165) is 16.0 Å². The van der Waals surface area contributed by atoms with E-state index < -0.39 is 11.5 Å². The number of carbonyl (C=O) groups is 2. The number of hydrogen-bond acceptors (Lipinski definition) is 3. The Hall–Kier alpha value is -2.88. The van der Waals surface area contributed by atoms with Crippen molar-refractivity contribution in [3.63, 3.8) is 0 Å². The number of amides is 2. The Morgan fingerprint density at radius 3 is 2.00 bits per heavy atom. The number of carbonyl (C=O) groups excluding carboxylic acids is 2. The fraction of sp³-hybridized carbons (Fsp3) is 0.158. The second-order valence-electron chi connectivity index (χ2n) is 5.43. The van der Waals surface area contributed by atoms with Crippen LogP contribution in [0, 0.1) is 0 Å².